The van der Waals surface area contributed by atoms with Crippen molar-refractivity contribution >= 4 is 11.0 Å². The Morgan fingerprint density at radius 1 is 1.00 bits per heavy atom. The molecular weight excluding hydrogens is 268 g/mol. The molecule has 0 bridgehead atoms. The van der Waals surface area contributed by atoms with Gasteiger partial charge in [-0.05, 0) is 12.1 Å². The molecule has 2 heterocycles. The van der Waals surface area contributed by atoms with Crippen LogP contribution in [-0.4, -0.2) is 58.6 Å². The molecule has 21 heavy (non-hydrogen) atoms. The summed E-state index contributed by atoms with van der Waals surface area (Å²) in [4.78, 5) is 2.37. The van der Waals surface area contributed by atoms with Crippen molar-refractivity contribution < 1.29 is 9.84 Å². The van der Waals surface area contributed by atoms with Crippen LogP contribution in [0.25, 0.3) is 11.0 Å². The van der Waals surface area contributed by atoms with Crippen molar-refractivity contribution in [1.29, 1.82) is 5.41 Å². The number of para-hydroxylation sites is 2. The first-order chi connectivity index (χ1) is 10.3. The van der Waals surface area contributed by atoms with Gasteiger partial charge in [0.2, 0.25) is 5.62 Å². The van der Waals surface area contributed by atoms with Crippen LogP contribution < -0.4 is 5.62 Å². The van der Waals surface area contributed by atoms with E-state index in [9.17, 15) is 5.11 Å². The average molecular weight is 290 g/mol. The molecule has 1 aromatic carbocycles. The number of hydrogen-bond acceptors (Lipinski definition) is 4. The Morgan fingerprint density at radius 2 is 1.62 bits per heavy atom. The third-order valence-corrected chi connectivity index (χ3v) is 4.04. The molecule has 1 aliphatic rings. The predicted octanol–water partition coefficient (Wildman–Crippen LogP) is 0.247. The molecule has 2 aromatic rings. The van der Waals surface area contributed by atoms with E-state index in [0.29, 0.717) is 12.2 Å². The first kappa shape index (κ1) is 14.3. The van der Waals surface area contributed by atoms with Crippen molar-refractivity contribution in [2.75, 3.05) is 39.5 Å². The zero-order valence-electron chi connectivity index (χ0n) is 12.2. The van der Waals surface area contributed by atoms with Crippen molar-refractivity contribution in [2.45, 2.75) is 13.1 Å². The van der Waals surface area contributed by atoms with E-state index in [2.05, 4.69) is 4.90 Å². The summed E-state index contributed by atoms with van der Waals surface area (Å²) < 4.78 is 9.26. The van der Waals surface area contributed by atoms with Gasteiger partial charge in [-0.15, -0.1) is 0 Å². The smallest absolute Gasteiger partial charge is 0.203 e. The Bertz CT molecular complexity index is 655. The van der Waals surface area contributed by atoms with E-state index in [1.165, 1.54) is 0 Å². The van der Waals surface area contributed by atoms with Gasteiger partial charge in [0.25, 0.3) is 0 Å². The van der Waals surface area contributed by atoms with Crippen molar-refractivity contribution in [3.8, 4) is 0 Å². The van der Waals surface area contributed by atoms with Crippen LogP contribution in [0.1, 0.15) is 0 Å². The zero-order valence-corrected chi connectivity index (χ0v) is 12.2. The minimum atomic E-state index is 0.0496. The van der Waals surface area contributed by atoms with E-state index in [1.807, 2.05) is 33.4 Å². The van der Waals surface area contributed by atoms with Crippen LogP contribution in [0.15, 0.2) is 24.3 Å². The first-order valence-electron chi connectivity index (χ1n) is 7.45. The highest BCUT2D eigenvalue weighted by molar-refractivity contribution is 5.75. The van der Waals surface area contributed by atoms with Crippen LogP contribution in [0, 0.1) is 5.41 Å². The summed E-state index contributed by atoms with van der Waals surface area (Å²) in [5, 5.41) is 17.6. The molecule has 6 nitrogen and oxygen atoms in total. The van der Waals surface area contributed by atoms with E-state index in [1.54, 1.807) is 0 Å². The number of imidazole rings is 1. The Kier molecular flexibility index (Phi) is 4.38. The third kappa shape index (κ3) is 2.88. The summed E-state index contributed by atoms with van der Waals surface area (Å²) in [7, 11) is 0. The van der Waals surface area contributed by atoms with Crippen LogP contribution in [-0.2, 0) is 17.8 Å². The second-order valence-corrected chi connectivity index (χ2v) is 5.29. The molecule has 1 saturated heterocycles. The highest BCUT2D eigenvalue weighted by Gasteiger charge is 2.13. The van der Waals surface area contributed by atoms with Gasteiger partial charge in [-0.1, -0.05) is 12.1 Å². The Balaban J connectivity index is 1.87. The van der Waals surface area contributed by atoms with E-state index < -0.39 is 0 Å². The topological polar surface area (TPSA) is 66.4 Å². The highest BCUT2D eigenvalue weighted by atomic mass is 16.5. The molecule has 2 N–H and O–H groups in total. The van der Waals surface area contributed by atoms with Gasteiger partial charge in [-0.2, -0.15) is 0 Å². The fourth-order valence-corrected chi connectivity index (χ4v) is 2.91. The Hall–Kier alpha value is -1.63. The predicted molar refractivity (Wildman–Crippen MR) is 80.1 cm³/mol. The fourth-order valence-electron chi connectivity index (χ4n) is 2.91. The minimum Gasteiger partial charge on any atom is -0.395 e. The SMILES string of the molecule is N=c1n(CCO)c2ccccc2n1CCN1CCOCC1. The second-order valence-electron chi connectivity index (χ2n) is 5.29. The summed E-state index contributed by atoms with van der Waals surface area (Å²) in [6, 6.07) is 8.02. The number of nitrogens with zero attached hydrogens (tertiary/aromatic N) is 3. The summed E-state index contributed by atoms with van der Waals surface area (Å²) in [6.45, 7) is 5.74. The van der Waals surface area contributed by atoms with Crippen molar-refractivity contribution in [1.82, 2.24) is 14.0 Å². The maximum Gasteiger partial charge on any atom is 0.203 e. The van der Waals surface area contributed by atoms with Crippen LogP contribution in [0.5, 0.6) is 0 Å². The van der Waals surface area contributed by atoms with E-state index in [-0.39, 0.29) is 6.61 Å². The maximum atomic E-state index is 9.21. The number of aliphatic hydroxyl groups is 1. The second kappa shape index (κ2) is 6.43. The van der Waals surface area contributed by atoms with Crippen molar-refractivity contribution in [2.24, 2.45) is 0 Å². The molecule has 0 amide bonds. The van der Waals surface area contributed by atoms with Crippen molar-refractivity contribution in [3.63, 3.8) is 0 Å². The summed E-state index contributed by atoms with van der Waals surface area (Å²) in [6.07, 6.45) is 0. The van der Waals surface area contributed by atoms with E-state index in [0.717, 1.165) is 50.4 Å². The van der Waals surface area contributed by atoms with Crippen LogP contribution in [0.4, 0.5) is 0 Å². The van der Waals surface area contributed by atoms with Crippen LogP contribution in [0.3, 0.4) is 0 Å². The van der Waals surface area contributed by atoms with Gasteiger partial charge in [-0.25, -0.2) is 0 Å². The van der Waals surface area contributed by atoms with Gasteiger partial charge < -0.3 is 19.0 Å². The average Bonchev–Trinajstić information content (AvgIpc) is 2.79. The molecule has 114 valence electrons. The number of aromatic nitrogens is 2. The lowest BCUT2D eigenvalue weighted by molar-refractivity contribution is 0.0363. The third-order valence-electron chi connectivity index (χ3n) is 4.04. The number of rotatable bonds is 5. The zero-order chi connectivity index (χ0) is 14.7. The lowest BCUT2D eigenvalue weighted by Crippen LogP contribution is -2.39. The van der Waals surface area contributed by atoms with Gasteiger partial charge in [0.15, 0.2) is 0 Å². The fraction of sp³-hybridized carbons (Fsp3) is 0.533. The van der Waals surface area contributed by atoms with E-state index in [4.69, 9.17) is 10.1 Å². The largest absolute Gasteiger partial charge is 0.395 e. The van der Waals surface area contributed by atoms with Gasteiger partial charge >= 0.3 is 0 Å². The molecule has 6 heteroatoms. The number of aliphatic hydroxyl groups excluding tert-OH is 1. The Labute approximate surface area is 123 Å². The molecule has 0 spiro atoms. The molecule has 3 rings (SSSR count). The lowest BCUT2D eigenvalue weighted by atomic mass is 10.3. The van der Waals surface area contributed by atoms with Crippen LogP contribution >= 0.6 is 0 Å². The van der Waals surface area contributed by atoms with Gasteiger partial charge in [0.05, 0.1) is 30.9 Å². The normalized spacial score (nSPS) is 16.6. The summed E-state index contributed by atoms with van der Waals surface area (Å²) in [5.41, 5.74) is 2.53. The quantitative estimate of drug-likeness (QED) is 0.829. The number of fused-ring (bicyclic) bond motifs is 1. The number of hydrogen-bond donors (Lipinski definition) is 2. The monoisotopic (exact) mass is 290 g/mol. The highest BCUT2D eigenvalue weighted by Crippen LogP contribution is 2.12. The molecular formula is C15H22N4O2. The number of ether oxygens (including phenoxy) is 1. The molecule has 1 aliphatic heterocycles. The Morgan fingerprint density at radius 3 is 2.24 bits per heavy atom. The van der Waals surface area contributed by atoms with Crippen LogP contribution in [0.2, 0.25) is 0 Å². The number of morpholine rings is 1. The summed E-state index contributed by atoms with van der Waals surface area (Å²) in [5.74, 6) is 0. The summed E-state index contributed by atoms with van der Waals surface area (Å²) >= 11 is 0. The van der Waals surface area contributed by atoms with Crippen molar-refractivity contribution in [3.05, 3.63) is 29.9 Å². The molecule has 0 radical (unpaired) electrons. The lowest BCUT2D eigenvalue weighted by Gasteiger charge is -2.26. The minimum absolute atomic E-state index is 0.0496. The molecule has 0 saturated carbocycles. The molecule has 0 aliphatic carbocycles. The number of benzene rings is 1. The van der Waals surface area contributed by atoms with Gasteiger partial charge in [0.1, 0.15) is 0 Å². The van der Waals surface area contributed by atoms with Gasteiger partial charge in [0, 0.05) is 32.7 Å². The molecule has 1 fully saturated rings. The number of nitrogens with one attached hydrogen (secondary N) is 1. The molecule has 0 unspecified atom stereocenters. The maximum absolute atomic E-state index is 9.21. The van der Waals surface area contributed by atoms with Gasteiger partial charge in [-0.3, -0.25) is 10.3 Å². The first-order valence-corrected chi connectivity index (χ1v) is 7.45. The van der Waals surface area contributed by atoms with E-state index >= 15 is 0 Å². The molecule has 1 aromatic heterocycles. The standard InChI is InChI=1S/C15H22N4O2/c16-15-18(6-5-17-8-11-21-12-9-17)13-3-1-2-4-14(13)19(15)7-10-20/h1-4,16,20H,5-12H2. The molecule has 0 atom stereocenters.